The quantitative estimate of drug-likeness (QED) is 0.584. The molecular weight excluding hydrogens is 229 g/mol. The van der Waals surface area contributed by atoms with Crippen LogP contribution in [0.1, 0.15) is 18.0 Å². The van der Waals surface area contributed by atoms with Crippen molar-refractivity contribution < 1.29 is 22.0 Å². The highest BCUT2D eigenvalue weighted by Crippen LogP contribution is 2.46. The first kappa shape index (κ1) is 11.3. The SMILES string of the molecule is Fc1cccc(C2CC(F)(F)C(F)(F)N2)c1. The summed E-state index contributed by atoms with van der Waals surface area (Å²) in [6, 6.07) is -0.770. The monoisotopic (exact) mass is 237 g/mol. The smallest absolute Gasteiger partial charge is 0.246 e. The fourth-order valence-corrected chi connectivity index (χ4v) is 1.68. The molecule has 1 aromatic rings. The summed E-state index contributed by atoms with van der Waals surface area (Å²) in [5.41, 5.74) is 0.0943. The van der Waals surface area contributed by atoms with Crippen LogP contribution in [0, 0.1) is 5.82 Å². The maximum atomic E-state index is 12.9. The van der Waals surface area contributed by atoms with Gasteiger partial charge in [-0.15, -0.1) is 0 Å². The van der Waals surface area contributed by atoms with Gasteiger partial charge in [-0.25, -0.2) is 9.71 Å². The summed E-state index contributed by atoms with van der Waals surface area (Å²) in [6.07, 6.45) is -1.04. The average molecular weight is 237 g/mol. The van der Waals surface area contributed by atoms with E-state index in [1.165, 1.54) is 17.4 Å². The van der Waals surface area contributed by atoms with Crippen molar-refractivity contribution in [3.05, 3.63) is 35.6 Å². The molecule has 0 aromatic heterocycles. The highest BCUT2D eigenvalue weighted by atomic mass is 19.3. The zero-order valence-electron chi connectivity index (χ0n) is 7.98. The minimum Gasteiger partial charge on any atom is -0.246 e. The van der Waals surface area contributed by atoms with Gasteiger partial charge in [0.25, 0.3) is 0 Å². The Hall–Kier alpha value is -1.17. The van der Waals surface area contributed by atoms with Gasteiger partial charge in [-0.1, -0.05) is 12.1 Å². The highest BCUT2D eigenvalue weighted by molar-refractivity contribution is 5.23. The Morgan fingerprint density at radius 1 is 1.19 bits per heavy atom. The van der Waals surface area contributed by atoms with Gasteiger partial charge in [0, 0.05) is 12.5 Å². The van der Waals surface area contributed by atoms with Crippen LogP contribution < -0.4 is 5.32 Å². The van der Waals surface area contributed by atoms with Crippen molar-refractivity contribution in [3.63, 3.8) is 0 Å². The lowest BCUT2D eigenvalue weighted by atomic mass is 10.0. The molecule has 2 rings (SSSR count). The van der Waals surface area contributed by atoms with Crippen molar-refractivity contribution in [3.8, 4) is 0 Å². The Morgan fingerprint density at radius 2 is 1.88 bits per heavy atom. The Bertz CT molecular complexity index is 388. The second-order valence-corrected chi connectivity index (χ2v) is 3.73. The van der Waals surface area contributed by atoms with Crippen LogP contribution in [0.15, 0.2) is 24.3 Å². The van der Waals surface area contributed by atoms with E-state index in [0.29, 0.717) is 0 Å². The Balaban J connectivity index is 2.27. The van der Waals surface area contributed by atoms with Crippen LogP contribution in [0.5, 0.6) is 0 Å². The molecule has 1 aliphatic rings. The molecule has 1 saturated heterocycles. The molecule has 0 spiro atoms. The van der Waals surface area contributed by atoms with Crippen LogP contribution in [0.3, 0.4) is 0 Å². The van der Waals surface area contributed by atoms with Gasteiger partial charge < -0.3 is 0 Å². The molecule has 1 N–H and O–H groups in total. The third-order valence-corrected chi connectivity index (χ3v) is 2.53. The molecule has 16 heavy (non-hydrogen) atoms. The molecular formula is C10H8F5N. The van der Waals surface area contributed by atoms with Crippen LogP contribution in [-0.2, 0) is 0 Å². The predicted molar refractivity (Wildman–Crippen MR) is 46.8 cm³/mol. The number of benzene rings is 1. The minimum atomic E-state index is -4.25. The van der Waals surface area contributed by atoms with Crippen LogP contribution in [0.2, 0.25) is 0 Å². The van der Waals surface area contributed by atoms with Gasteiger partial charge in [0.1, 0.15) is 5.82 Å². The molecule has 1 aliphatic heterocycles. The van der Waals surface area contributed by atoms with Gasteiger partial charge in [-0.2, -0.15) is 17.6 Å². The molecule has 1 heterocycles. The van der Waals surface area contributed by atoms with E-state index in [9.17, 15) is 22.0 Å². The maximum absolute atomic E-state index is 12.9. The van der Waals surface area contributed by atoms with Gasteiger partial charge in [-0.3, -0.25) is 0 Å². The first-order valence-corrected chi connectivity index (χ1v) is 4.61. The van der Waals surface area contributed by atoms with E-state index in [0.717, 1.165) is 12.1 Å². The minimum absolute atomic E-state index is 0.0943. The first-order valence-electron chi connectivity index (χ1n) is 4.61. The van der Waals surface area contributed by atoms with E-state index in [4.69, 9.17) is 0 Å². The number of hydrogen-bond acceptors (Lipinski definition) is 1. The lowest BCUT2D eigenvalue weighted by Gasteiger charge is -2.16. The van der Waals surface area contributed by atoms with Crippen LogP contribution >= 0.6 is 0 Å². The van der Waals surface area contributed by atoms with Gasteiger partial charge >= 0.3 is 12.0 Å². The lowest BCUT2D eigenvalue weighted by molar-refractivity contribution is -0.197. The fraction of sp³-hybridized carbons (Fsp3) is 0.400. The molecule has 0 aliphatic carbocycles. The lowest BCUT2D eigenvalue weighted by Crippen LogP contribution is -2.43. The summed E-state index contributed by atoms with van der Waals surface area (Å²) in [5.74, 6) is -4.75. The van der Waals surface area contributed by atoms with Crippen LogP contribution in [-0.4, -0.2) is 12.0 Å². The van der Waals surface area contributed by atoms with Crippen molar-refractivity contribution in [2.45, 2.75) is 24.4 Å². The Labute approximate surface area is 88.3 Å². The summed E-state index contributed by atoms with van der Waals surface area (Å²) in [7, 11) is 0. The van der Waals surface area contributed by atoms with E-state index < -0.39 is 30.2 Å². The molecule has 1 atom stereocenters. The van der Waals surface area contributed by atoms with Crippen LogP contribution in [0.25, 0.3) is 0 Å². The van der Waals surface area contributed by atoms with Crippen molar-refractivity contribution in [1.29, 1.82) is 0 Å². The third kappa shape index (κ3) is 1.77. The van der Waals surface area contributed by atoms with Crippen molar-refractivity contribution in [1.82, 2.24) is 5.32 Å². The first-order chi connectivity index (χ1) is 7.32. The Morgan fingerprint density at radius 3 is 2.38 bits per heavy atom. The van der Waals surface area contributed by atoms with E-state index in [1.807, 2.05) is 0 Å². The van der Waals surface area contributed by atoms with E-state index >= 15 is 0 Å². The second kappa shape index (κ2) is 3.41. The predicted octanol–water partition coefficient (Wildman–Crippen LogP) is 3.09. The molecule has 1 unspecified atom stereocenters. The number of alkyl halides is 4. The maximum Gasteiger partial charge on any atom is 0.365 e. The van der Waals surface area contributed by atoms with Gasteiger partial charge in [0.2, 0.25) is 0 Å². The molecule has 1 fully saturated rings. The van der Waals surface area contributed by atoms with Crippen molar-refractivity contribution >= 4 is 0 Å². The van der Waals surface area contributed by atoms with E-state index in [1.54, 1.807) is 0 Å². The summed E-state index contributed by atoms with van der Waals surface area (Å²) < 4.78 is 64.1. The Kier molecular flexibility index (Phi) is 2.41. The van der Waals surface area contributed by atoms with Gasteiger partial charge in [0.05, 0.1) is 0 Å². The summed E-state index contributed by atoms with van der Waals surface area (Å²) in [6.45, 7) is 0. The zero-order chi connectivity index (χ0) is 12.0. The summed E-state index contributed by atoms with van der Waals surface area (Å²) in [5, 5.41) is 1.51. The molecule has 0 amide bonds. The van der Waals surface area contributed by atoms with E-state index in [-0.39, 0.29) is 5.56 Å². The van der Waals surface area contributed by atoms with Crippen LogP contribution in [0.4, 0.5) is 22.0 Å². The third-order valence-electron chi connectivity index (χ3n) is 2.53. The average Bonchev–Trinajstić information content (AvgIpc) is 2.36. The second-order valence-electron chi connectivity index (χ2n) is 3.73. The topological polar surface area (TPSA) is 12.0 Å². The molecule has 6 heteroatoms. The zero-order valence-corrected chi connectivity index (χ0v) is 7.98. The number of rotatable bonds is 1. The fourth-order valence-electron chi connectivity index (χ4n) is 1.68. The van der Waals surface area contributed by atoms with Gasteiger partial charge in [-0.05, 0) is 17.7 Å². The summed E-state index contributed by atoms with van der Waals surface area (Å²) in [4.78, 5) is 0. The van der Waals surface area contributed by atoms with Crippen molar-refractivity contribution in [2.24, 2.45) is 0 Å². The largest absolute Gasteiger partial charge is 0.365 e. The van der Waals surface area contributed by atoms with Gasteiger partial charge in [0.15, 0.2) is 0 Å². The molecule has 0 radical (unpaired) electrons. The molecule has 1 nitrogen and oxygen atoms in total. The molecule has 0 saturated carbocycles. The van der Waals surface area contributed by atoms with E-state index in [2.05, 4.69) is 0 Å². The number of hydrogen-bond donors (Lipinski definition) is 1. The van der Waals surface area contributed by atoms with Crippen molar-refractivity contribution in [2.75, 3.05) is 0 Å². The highest BCUT2D eigenvalue weighted by Gasteiger charge is 2.63. The molecule has 88 valence electrons. The molecule has 0 bridgehead atoms. The normalized spacial score (nSPS) is 26.9. The number of halogens is 5. The number of nitrogens with one attached hydrogen (secondary N) is 1. The summed E-state index contributed by atoms with van der Waals surface area (Å²) >= 11 is 0. The molecule has 1 aromatic carbocycles. The standard InChI is InChI=1S/C10H8F5N/c11-7-3-1-2-6(4-7)8-5-9(12,13)10(14,15)16-8/h1-4,8,16H,5H2.